The molecule has 2 aliphatic heterocycles. The third kappa shape index (κ3) is 7.01. The summed E-state index contributed by atoms with van der Waals surface area (Å²) in [6.45, 7) is 4.96. The summed E-state index contributed by atoms with van der Waals surface area (Å²) in [5.41, 5.74) is 3.16. The van der Waals surface area contributed by atoms with E-state index in [1.807, 2.05) is 61.5 Å². The topological polar surface area (TPSA) is 102 Å². The first-order chi connectivity index (χ1) is 18.7. The van der Waals surface area contributed by atoms with Gasteiger partial charge in [0.05, 0.1) is 26.3 Å². The molecule has 2 fully saturated rings. The number of Topliss-reactive ketones (excluding diaryl/α,β-unsaturated/α-hetero) is 1. The van der Waals surface area contributed by atoms with Gasteiger partial charge in [-0.25, -0.2) is 14.8 Å². The average molecular weight is 536 g/mol. The molecule has 4 amide bonds. The molecule has 2 atom stereocenters. The Bertz CT molecular complexity index is 1170. The molecular weight excluding hydrogens is 498 g/mol. The number of likely N-dealkylation sites (N-methyl/N-ethyl adjacent to an activating group) is 1. The first kappa shape index (κ1) is 28.3. The molecule has 2 heterocycles. The maximum atomic E-state index is 13.5. The van der Waals surface area contributed by atoms with Crippen LogP contribution in [0.25, 0.3) is 0 Å². The van der Waals surface area contributed by atoms with Crippen molar-refractivity contribution in [2.24, 2.45) is 0 Å². The molecule has 10 heteroatoms. The van der Waals surface area contributed by atoms with E-state index in [1.54, 1.807) is 17.0 Å². The average Bonchev–Trinajstić information content (AvgIpc) is 2.91. The number of hydrazine groups is 1. The van der Waals surface area contributed by atoms with Gasteiger partial charge < -0.3 is 24.6 Å². The second-order valence-corrected chi connectivity index (χ2v) is 10.2. The molecule has 2 saturated heterocycles. The number of carbonyl (C=O) groups excluding carboxylic acids is 4. The van der Waals surface area contributed by atoms with Gasteiger partial charge in [0.2, 0.25) is 11.8 Å². The molecule has 0 spiro atoms. The highest BCUT2D eigenvalue weighted by Crippen LogP contribution is 2.28. The van der Waals surface area contributed by atoms with E-state index in [2.05, 4.69) is 5.32 Å². The minimum Gasteiger partial charge on any atom is -0.375 e. The molecule has 0 aliphatic carbocycles. The first-order valence-corrected chi connectivity index (χ1v) is 13.3. The van der Waals surface area contributed by atoms with Gasteiger partial charge in [-0.2, -0.15) is 0 Å². The van der Waals surface area contributed by atoms with Crippen molar-refractivity contribution in [2.45, 2.75) is 52.0 Å². The second kappa shape index (κ2) is 12.9. The number of benzene rings is 2. The Morgan fingerprint density at radius 2 is 1.74 bits per heavy atom. The van der Waals surface area contributed by atoms with Crippen molar-refractivity contribution in [1.29, 1.82) is 0 Å². The fourth-order valence-electron chi connectivity index (χ4n) is 5.03. The van der Waals surface area contributed by atoms with E-state index < -0.39 is 12.2 Å². The maximum Gasteiger partial charge on any atom is 0.334 e. The van der Waals surface area contributed by atoms with E-state index in [1.165, 1.54) is 22.4 Å². The lowest BCUT2D eigenvalue weighted by atomic mass is 10.0. The highest BCUT2D eigenvalue weighted by Gasteiger charge is 2.50. The van der Waals surface area contributed by atoms with Crippen molar-refractivity contribution >= 4 is 23.6 Å². The zero-order valence-electron chi connectivity index (χ0n) is 22.8. The maximum absolute atomic E-state index is 13.5. The largest absolute Gasteiger partial charge is 0.375 e. The predicted molar refractivity (Wildman–Crippen MR) is 145 cm³/mol. The van der Waals surface area contributed by atoms with Gasteiger partial charge in [-0.05, 0) is 31.4 Å². The van der Waals surface area contributed by atoms with Gasteiger partial charge in [0.25, 0.3) is 0 Å². The summed E-state index contributed by atoms with van der Waals surface area (Å²) in [7, 11) is 1.69. The van der Waals surface area contributed by atoms with Crippen LogP contribution in [0.4, 0.5) is 4.79 Å². The number of nitrogens with zero attached hydrogens (tertiary/aromatic N) is 4. The standard InChI is InChI=1S/C29H37N5O5/c1-21-9-12-24(13-10-21)20-39-16-15-32-18-26-33(25(28(32)37)14-11-22(2)35)27(36)19-31(3)34(26)29(38)30-17-23-7-5-4-6-8-23/h4-10,12-13,25-26H,11,14-20H2,1-3H3,(H,30,38)/t25-,26-/m0/s1. The molecule has 0 unspecified atom stereocenters. The fourth-order valence-corrected chi connectivity index (χ4v) is 5.03. The third-order valence-electron chi connectivity index (χ3n) is 7.10. The predicted octanol–water partition coefficient (Wildman–Crippen LogP) is 2.32. The van der Waals surface area contributed by atoms with E-state index in [-0.39, 0.29) is 49.6 Å². The van der Waals surface area contributed by atoms with Crippen molar-refractivity contribution in [3.63, 3.8) is 0 Å². The number of aryl methyl sites for hydroxylation is 1. The summed E-state index contributed by atoms with van der Waals surface area (Å²) in [6.07, 6.45) is -0.320. The van der Waals surface area contributed by atoms with E-state index >= 15 is 0 Å². The zero-order chi connectivity index (χ0) is 27.9. The minimum absolute atomic E-state index is 0.0429. The third-order valence-corrected chi connectivity index (χ3v) is 7.10. The molecule has 0 bridgehead atoms. The Morgan fingerprint density at radius 1 is 1.03 bits per heavy atom. The van der Waals surface area contributed by atoms with Gasteiger partial charge in [-0.3, -0.25) is 9.59 Å². The van der Waals surface area contributed by atoms with E-state index in [4.69, 9.17) is 4.74 Å². The van der Waals surface area contributed by atoms with Gasteiger partial charge in [-0.15, -0.1) is 0 Å². The van der Waals surface area contributed by atoms with Gasteiger partial charge in [-0.1, -0.05) is 60.2 Å². The number of ether oxygens (including phenoxy) is 1. The lowest BCUT2D eigenvalue weighted by molar-refractivity contribution is -0.188. The monoisotopic (exact) mass is 535 g/mol. The van der Waals surface area contributed by atoms with Gasteiger partial charge >= 0.3 is 6.03 Å². The molecule has 10 nitrogen and oxygen atoms in total. The van der Waals surface area contributed by atoms with Crippen LogP contribution in [0.3, 0.4) is 0 Å². The van der Waals surface area contributed by atoms with Gasteiger partial charge in [0.1, 0.15) is 18.0 Å². The van der Waals surface area contributed by atoms with Crippen molar-refractivity contribution in [2.75, 3.05) is 33.3 Å². The molecule has 2 aromatic rings. The van der Waals surface area contributed by atoms with Crippen molar-refractivity contribution in [3.05, 3.63) is 71.3 Å². The summed E-state index contributed by atoms with van der Waals surface area (Å²) in [5.74, 6) is -0.530. The van der Waals surface area contributed by atoms with Crippen molar-refractivity contribution < 1.29 is 23.9 Å². The minimum atomic E-state index is -0.824. The van der Waals surface area contributed by atoms with E-state index in [9.17, 15) is 19.2 Å². The second-order valence-electron chi connectivity index (χ2n) is 10.2. The smallest absolute Gasteiger partial charge is 0.334 e. The van der Waals surface area contributed by atoms with Crippen LogP contribution in [-0.2, 0) is 32.3 Å². The highest BCUT2D eigenvalue weighted by molar-refractivity contribution is 5.92. The molecule has 0 radical (unpaired) electrons. The Labute approximate surface area is 229 Å². The van der Waals surface area contributed by atoms with Crippen LogP contribution >= 0.6 is 0 Å². The van der Waals surface area contributed by atoms with Gasteiger partial charge in [0, 0.05) is 26.6 Å². The number of urea groups is 1. The molecule has 2 aromatic carbocycles. The summed E-state index contributed by atoms with van der Waals surface area (Å²) in [6, 6.07) is 16.4. The highest BCUT2D eigenvalue weighted by atomic mass is 16.5. The van der Waals surface area contributed by atoms with Crippen LogP contribution in [0.2, 0.25) is 0 Å². The number of fused-ring (bicyclic) bond motifs is 1. The fraction of sp³-hybridized carbons (Fsp3) is 0.448. The molecule has 4 rings (SSSR count). The number of carbonyl (C=O) groups is 4. The molecular formula is C29H37N5O5. The zero-order valence-corrected chi connectivity index (χ0v) is 22.8. The summed E-state index contributed by atoms with van der Waals surface area (Å²) < 4.78 is 5.85. The lowest BCUT2D eigenvalue weighted by Gasteiger charge is -2.54. The van der Waals surface area contributed by atoms with Crippen molar-refractivity contribution in [1.82, 2.24) is 25.1 Å². The molecule has 0 saturated carbocycles. The van der Waals surface area contributed by atoms with Crippen LogP contribution in [0.15, 0.2) is 54.6 Å². The normalized spacial score (nSPS) is 19.7. The molecule has 208 valence electrons. The number of nitrogens with one attached hydrogen (secondary N) is 1. The summed E-state index contributed by atoms with van der Waals surface area (Å²) >= 11 is 0. The van der Waals surface area contributed by atoms with Gasteiger partial charge in [0.15, 0.2) is 0 Å². The molecule has 39 heavy (non-hydrogen) atoms. The van der Waals surface area contributed by atoms with E-state index in [0.717, 1.165) is 11.1 Å². The quantitative estimate of drug-likeness (QED) is 0.469. The van der Waals surface area contributed by atoms with E-state index in [0.29, 0.717) is 26.3 Å². The SMILES string of the molecule is CC(=O)CC[C@H]1C(=O)N(CCOCc2ccc(C)cc2)C[C@H]2N1C(=O)CN(C)N2C(=O)NCc1ccccc1. The summed E-state index contributed by atoms with van der Waals surface area (Å²) in [5, 5.41) is 6.04. The summed E-state index contributed by atoms with van der Waals surface area (Å²) in [4.78, 5) is 55.1. The van der Waals surface area contributed by atoms with Crippen molar-refractivity contribution in [3.8, 4) is 0 Å². The lowest BCUT2D eigenvalue weighted by Crippen LogP contribution is -2.76. The molecule has 0 aromatic heterocycles. The van der Waals surface area contributed by atoms with Crippen LogP contribution in [-0.4, -0.2) is 88.9 Å². The van der Waals surface area contributed by atoms with Crippen LogP contribution in [0, 0.1) is 6.92 Å². The Balaban J connectivity index is 1.48. The Hall–Kier alpha value is -3.76. The molecule has 2 aliphatic rings. The Morgan fingerprint density at radius 3 is 2.44 bits per heavy atom. The number of ketones is 1. The van der Waals surface area contributed by atoms with Crippen LogP contribution < -0.4 is 5.32 Å². The first-order valence-electron chi connectivity index (χ1n) is 13.3. The van der Waals surface area contributed by atoms with Crippen LogP contribution in [0.5, 0.6) is 0 Å². The Kier molecular flexibility index (Phi) is 9.32. The number of amides is 4. The number of rotatable bonds is 10. The van der Waals surface area contributed by atoms with Crippen LogP contribution in [0.1, 0.15) is 36.5 Å². The number of hydrogen-bond donors (Lipinski definition) is 1. The number of piperazine rings is 1. The number of hydrogen-bond acceptors (Lipinski definition) is 6. The molecule has 1 N–H and O–H groups in total.